The second-order valence-corrected chi connectivity index (χ2v) is 6.90. The number of amides is 2. The predicted molar refractivity (Wildman–Crippen MR) is 105 cm³/mol. The molecule has 1 atom stereocenters. The summed E-state index contributed by atoms with van der Waals surface area (Å²) in [5, 5.41) is 26.1. The number of nitro benzene ring substituents is 1. The Bertz CT molecular complexity index is 865. The first-order valence-corrected chi connectivity index (χ1v) is 8.78. The van der Waals surface area contributed by atoms with Crippen LogP contribution in [0.4, 0.5) is 11.4 Å². The predicted octanol–water partition coefficient (Wildman–Crippen LogP) is 2.34. The molecule has 0 saturated heterocycles. The van der Waals surface area contributed by atoms with E-state index in [1.54, 1.807) is 19.9 Å². The van der Waals surface area contributed by atoms with Gasteiger partial charge >= 0.3 is 11.8 Å². The van der Waals surface area contributed by atoms with E-state index >= 15 is 0 Å². The van der Waals surface area contributed by atoms with Crippen LogP contribution in [-0.2, 0) is 16.0 Å². The van der Waals surface area contributed by atoms with Gasteiger partial charge in [0, 0.05) is 12.6 Å². The van der Waals surface area contributed by atoms with Gasteiger partial charge in [0.05, 0.1) is 10.5 Å². The average molecular weight is 385 g/mol. The van der Waals surface area contributed by atoms with Gasteiger partial charge in [0.1, 0.15) is 5.69 Å². The van der Waals surface area contributed by atoms with Crippen molar-refractivity contribution in [1.82, 2.24) is 5.32 Å². The smallest absolute Gasteiger partial charge is 0.313 e. The number of nitro groups is 1. The van der Waals surface area contributed by atoms with E-state index in [2.05, 4.69) is 10.6 Å². The molecule has 2 amide bonds. The fourth-order valence-electron chi connectivity index (χ4n) is 2.58. The minimum Gasteiger partial charge on any atom is -0.388 e. The van der Waals surface area contributed by atoms with Crippen molar-refractivity contribution in [2.24, 2.45) is 0 Å². The van der Waals surface area contributed by atoms with Crippen LogP contribution >= 0.6 is 0 Å². The van der Waals surface area contributed by atoms with Gasteiger partial charge in [0.15, 0.2) is 0 Å². The van der Waals surface area contributed by atoms with Gasteiger partial charge in [-0.05, 0) is 43.9 Å². The Balaban J connectivity index is 1.90. The highest BCUT2D eigenvalue weighted by atomic mass is 16.6. The first kappa shape index (κ1) is 21.0. The number of rotatable bonds is 7. The lowest BCUT2D eigenvalue weighted by Gasteiger charge is -2.23. The number of carbonyl (C=O) groups excluding carboxylic acids is 2. The number of carbonyl (C=O) groups is 2. The van der Waals surface area contributed by atoms with Gasteiger partial charge in [0.25, 0.3) is 5.69 Å². The molecule has 8 nitrogen and oxygen atoms in total. The van der Waals surface area contributed by atoms with Crippen LogP contribution in [0.25, 0.3) is 0 Å². The Morgan fingerprint density at radius 1 is 1.14 bits per heavy atom. The minimum atomic E-state index is -1.21. The van der Waals surface area contributed by atoms with Crippen LogP contribution in [0.2, 0.25) is 0 Å². The second-order valence-electron chi connectivity index (χ2n) is 6.90. The average Bonchev–Trinajstić information content (AvgIpc) is 2.66. The second kappa shape index (κ2) is 9.09. The molecule has 0 spiro atoms. The number of aryl methyl sites for hydroxylation is 2. The third-order valence-electron chi connectivity index (χ3n) is 4.23. The number of hydrogen-bond donors (Lipinski definition) is 3. The molecular formula is C20H23N3O5. The van der Waals surface area contributed by atoms with Crippen molar-refractivity contribution in [3.05, 3.63) is 69.8 Å². The van der Waals surface area contributed by atoms with E-state index in [1.165, 1.54) is 12.1 Å². The first-order chi connectivity index (χ1) is 13.2. The van der Waals surface area contributed by atoms with Crippen molar-refractivity contribution in [3.63, 3.8) is 0 Å². The summed E-state index contributed by atoms with van der Waals surface area (Å²) in [7, 11) is 0. The van der Waals surface area contributed by atoms with Crippen molar-refractivity contribution in [1.29, 1.82) is 0 Å². The summed E-state index contributed by atoms with van der Waals surface area (Å²) >= 11 is 0. The zero-order chi connectivity index (χ0) is 20.7. The summed E-state index contributed by atoms with van der Waals surface area (Å²) in [4.78, 5) is 34.5. The van der Waals surface area contributed by atoms with Crippen LogP contribution in [-0.4, -0.2) is 34.0 Å². The lowest BCUT2D eigenvalue weighted by molar-refractivity contribution is -0.384. The molecule has 0 radical (unpaired) electrons. The van der Waals surface area contributed by atoms with Crippen LogP contribution in [0.15, 0.2) is 48.5 Å². The molecule has 0 heterocycles. The highest BCUT2D eigenvalue weighted by Crippen LogP contribution is 2.25. The Kier molecular flexibility index (Phi) is 6.84. The van der Waals surface area contributed by atoms with Crippen molar-refractivity contribution < 1.29 is 19.6 Å². The fraction of sp³-hybridized carbons (Fsp3) is 0.300. The van der Waals surface area contributed by atoms with E-state index in [9.17, 15) is 24.8 Å². The Labute approximate surface area is 162 Å². The molecule has 2 aromatic carbocycles. The van der Waals surface area contributed by atoms with E-state index in [0.717, 1.165) is 5.56 Å². The Morgan fingerprint density at radius 3 is 2.46 bits per heavy atom. The summed E-state index contributed by atoms with van der Waals surface area (Å²) in [6.45, 7) is 3.13. The van der Waals surface area contributed by atoms with Gasteiger partial charge in [-0.2, -0.15) is 0 Å². The van der Waals surface area contributed by atoms with Crippen molar-refractivity contribution in [3.8, 4) is 0 Å². The van der Waals surface area contributed by atoms with Gasteiger partial charge < -0.3 is 15.7 Å². The molecule has 0 aliphatic carbocycles. The molecule has 0 fully saturated rings. The highest BCUT2D eigenvalue weighted by Gasteiger charge is 2.24. The zero-order valence-electron chi connectivity index (χ0n) is 15.8. The molecular weight excluding hydrogens is 362 g/mol. The summed E-state index contributed by atoms with van der Waals surface area (Å²) in [6, 6.07) is 13.9. The lowest BCUT2D eigenvalue weighted by atomic mass is 9.97. The number of nitrogens with zero attached hydrogens (tertiary/aromatic N) is 1. The van der Waals surface area contributed by atoms with Crippen LogP contribution in [0, 0.1) is 17.0 Å². The van der Waals surface area contributed by atoms with Crippen molar-refractivity contribution in [2.75, 3.05) is 11.9 Å². The quantitative estimate of drug-likeness (QED) is 0.384. The summed E-state index contributed by atoms with van der Waals surface area (Å²) in [6.07, 6.45) is 1.01. The number of aliphatic hydroxyl groups is 1. The number of anilines is 1. The van der Waals surface area contributed by atoms with E-state index in [1.807, 2.05) is 30.3 Å². The number of nitrogens with one attached hydrogen (secondary N) is 2. The normalized spacial score (nSPS) is 12.7. The van der Waals surface area contributed by atoms with Gasteiger partial charge in [-0.3, -0.25) is 19.7 Å². The SMILES string of the molecule is Cc1ccc(NC(=O)C(=O)NCC(C)(O)CCc2ccccc2)c([N+](=O)[O-])c1. The maximum Gasteiger partial charge on any atom is 0.313 e. The van der Waals surface area contributed by atoms with Crippen LogP contribution < -0.4 is 10.6 Å². The van der Waals surface area contributed by atoms with Crippen molar-refractivity contribution >= 4 is 23.2 Å². The summed E-state index contributed by atoms with van der Waals surface area (Å²) < 4.78 is 0. The largest absolute Gasteiger partial charge is 0.388 e. The third kappa shape index (κ3) is 6.17. The molecule has 0 saturated carbocycles. The molecule has 1 unspecified atom stereocenters. The van der Waals surface area contributed by atoms with E-state index in [0.29, 0.717) is 18.4 Å². The van der Waals surface area contributed by atoms with Gasteiger partial charge in [0.2, 0.25) is 0 Å². The molecule has 0 bridgehead atoms. The topological polar surface area (TPSA) is 122 Å². The fourth-order valence-corrected chi connectivity index (χ4v) is 2.58. The third-order valence-corrected chi connectivity index (χ3v) is 4.23. The summed E-state index contributed by atoms with van der Waals surface area (Å²) in [5.74, 6) is -2.01. The molecule has 8 heteroatoms. The van der Waals surface area contributed by atoms with E-state index in [4.69, 9.17) is 0 Å². The van der Waals surface area contributed by atoms with Gasteiger partial charge in [-0.25, -0.2) is 0 Å². The first-order valence-electron chi connectivity index (χ1n) is 8.78. The van der Waals surface area contributed by atoms with Crippen LogP contribution in [0.1, 0.15) is 24.5 Å². The number of hydrogen-bond acceptors (Lipinski definition) is 5. The number of benzene rings is 2. The van der Waals surface area contributed by atoms with E-state index in [-0.39, 0.29) is 17.9 Å². The standard InChI is InChI=1S/C20H23N3O5/c1-14-8-9-16(17(12-14)23(27)28)22-19(25)18(24)21-13-20(2,26)11-10-15-6-4-3-5-7-15/h3-9,12,26H,10-11,13H2,1-2H3,(H,21,24)(H,22,25). The highest BCUT2D eigenvalue weighted by molar-refractivity contribution is 6.39. The molecule has 3 N–H and O–H groups in total. The molecule has 28 heavy (non-hydrogen) atoms. The maximum atomic E-state index is 12.0. The van der Waals surface area contributed by atoms with E-state index < -0.39 is 22.3 Å². The Morgan fingerprint density at radius 2 is 1.82 bits per heavy atom. The minimum absolute atomic E-state index is 0.0633. The molecule has 148 valence electrons. The van der Waals surface area contributed by atoms with Crippen molar-refractivity contribution in [2.45, 2.75) is 32.3 Å². The van der Waals surface area contributed by atoms with Gasteiger partial charge in [-0.15, -0.1) is 0 Å². The van der Waals surface area contributed by atoms with Gasteiger partial charge in [-0.1, -0.05) is 36.4 Å². The molecule has 0 aliphatic heterocycles. The van der Waals surface area contributed by atoms with Crippen LogP contribution in [0.3, 0.4) is 0 Å². The molecule has 0 aliphatic rings. The molecule has 2 rings (SSSR count). The Hall–Kier alpha value is -3.26. The molecule has 2 aromatic rings. The van der Waals surface area contributed by atoms with Crippen LogP contribution in [0.5, 0.6) is 0 Å². The lowest BCUT2D eigenvalue weighted by Crippen LogP contribution is -2.44. The molecule has 0 aromatic heterocycles. The maximum absolute atomic E-state index is 12.0. The zero-order valence-corrected chi connectivity index (χ0v) is 15.8. The monoisotopic (exact) mass is 385 g/mol. The summed E-state index contributed by atoms with van der Waals surface area (Å²) in [5.41, 5.74) is 0.145.